The average Bonchev–Trinajstić information content (AvgIpc) is 2.47. The second kappa shape index (κ2) is 2.80. The third-order valence-electron chi connectivity index (χ3n) is 2.96. The van der Waals surface area contributed by atoms with Crippen LogP contribution in [0.3, 0.4) is 0 Å². The van der Waals surface area contributed by atoms with E-state index in [2.05, 4.69) is 16.9 Å². The Morgan fingerprint density at radius 3 is 2.38 bits per heavy atom. The van der Waals surface area contributed by atoms with Crippen LogP contribution in [0, 0.1) is 11.8 Å². The maximum Gasteiger partial charge on any atom is 0.399 e. The molecule has 1 amide bonds. The summed E-state index contributed by atoms with van der Waals surface area (Å²) in [5.41, 5.74) is 0. The fraction of sp³-hybridized carbons (Fsp3) is 0.875. The summed E-state index contributed by atoms with van der Waals surface area (Å²) in [4.78, 5) is 10.8. The summed E-state index contributed by atoms with van der Waals surface area (Å²) < 4.78 is 24.5. The van der Waals surface area contributed by atoms with Crippen molar-refractivity contribution in [3.8, 4) is 0 Å². The first-order chi connectivity index (χ1) is 6.00. The number of alkyl halides is 3. The van der Waals surface area contributed by atoms with E-state index in [1.807, 2.05) is 0 Å². The van der Waals surface area contributed by atoms with Crippen molar-refractivity contribution in [2.75, 3.05) is 0 Å². The normalized spacial score (nSPS) is 37.0. The SMILES string of the molecule is O=C(NC1[C@H]2CCC[C@@H]12)C(F)(F)Cl. The predicted octanol–water partition coefficient (Wildman–Crippen LogP) is 1.73. The molecule has 13 heavy (non-hydrogen) atoms. The van der Waals surface area contributed by atoms with Crippen molar-refractivity contribution >= 4 is 17.5 Å². The van der Waals surface area contributed by atoms with Gasteiger partial charge in [0.1, 0.15) is 0 Å². The molecule has 74 valence electrons. The van der Waals surface area contributed by atoms with Crippen LogP contribution in [0.1, 0.15) is 19.3 Å². The van der Waals surface area contributed by atoms with E-state index in [4.69, 9.17) is 0 Å². The summed E-state index contributed by atoms with van der Waals surface area (Å²) >= 11 is 4.57. The van der Waals surface area contributed by atoms with E-state index in [9.17, 15) is 13.6 Å². The van der Waals surface area contributed by atoms with E-state index in [-0.39, 0.29) is 6.04 Å². The van der Waals surface area contributed by atoms with Crippen LogP contribution in [-0.4, -0.2) is 17.3 Å². The zero-order valence-electron chi connectivity index (χ0n) is 6.90. The van der Waals surface area contributed by atoms with Gasteiger partial charge in [-0.1, -0.05) is 6.42 Å². The first kappa shape index (κ1) is 9.19. The number of fused-ring (bicyclic) bond motifs is 1. The van der Waals surface area contributed by atoms with Crippen LogP contribution in [-0.2, 0) is 4.79 Å². The Balaban J connectivity index is 1.84. The van der Waals surface area contributed by atoms with Crippen molar-refractivity contribution in [2.24, 2.45) is 11.8 Å². The quantitative estimate of drug-likeness (QED) is 0.690. The van der Waals surface area contributed by atoms with Crippen LogP contribution in [0.2, 0.25) is 0 Å². The van der Waals surface area contributed by atoms with Gasteiger partial charge in [-0.15, -0.1) is 0 Å². The van der Waals surface area contributed by atoms with Crippen molar-refractivity contribution in [1.29, 1.82) is 0 Å². The molecular weight excluding hydrogens is 200 g/mol. The molecule has 0 heterocycles. The maximum absolute atomic E-state index is 12.2. The number of carbonyl (C=O) groups excluding carboxylic acids is 1. The Bertz CT molecular complexity index is 231. The van der Waals surface area contributed by atoms with Crippen LogP contribution >= 0.6 is 11.6 Å². The molecule has 0 saturated heterocycles. The smallest absolute Gasteiger partial charge is 0.346 e. The molecule has 2 rings (SSSR count). The van der Waals surface area contributed by atoms with Crippen molar-refractivity contribution in [1.82, 2.24) is 5.32 Å². The van der Waals surface area contributed by atoms with Crippen LogP contribution in [0.5, 0.6) is 0 Å². The van der Waals surface area contributed by atoms with Gasteiger partial charge in [-0.05, 0) is 36.3 Å². The van der Waals surface area contributed by atoms with Crippen molar-refractivity contribution < 1.29 is 13.6 Å². The molecule has 0 aliphatic heterocycles. The molecule has 0 aromatic rings. The summed E-state index contributed by atoms with van der Waals surface area (Å²) in [6.07, 6.45) is 3.24. The van der Waals surface area contributed by atoms with Crippen LogP contribution < -0.4 is 5.32 Å². The fourth-order valence-electron chi connectivity index (χ4n) is 2.27. The van der Waals surface area contributed by atoms with Crippen LogP contribution in [0.25, 0.3) is 0 Å². The van der Waals surface area contributed by atoms with Crippen molar-refractivity contribution in [2.45, 2.75) is 30.7 Å². The molecule has 2 aliphatic carbocycles. The largest absolute Gasteiger partial charge is 0.399 e. The third-order valence-corrected chi connectivity index (χ3v) is 3.13. The number of rotatable bonds is 2. The first-order valence-electron chi connectivity index (χ1n) is 4.38. The second-order valence-corrected chi connectivity index (χ2v) is 4.23. The first-order valence-corrected chi connectivity index (χ1v) is 4.75. The summed E-state index contributed by atoms with van der Waals surface area (Å²) in [6.45, 7) is 0. The minimum absolute atomic E-state index is 0.0362. The van der Waals surface area contributed by atoms with Crippen LogP contribution in [0.15, 0.2) is 0 Å². The molecule has 2 saturated carbocycles. The predicted molar refractivity (Wildman–Crippen MR) is 43.6 cm³/mol. The Kier molecular flexibility index (Phi) is 1.98. The highest BCUT2D eigenvalue weighted by atomic mass is 35.5. The summed E-state index contributed by atoms with van der Waals surface area (Å²) in [5, 5.41) is -1.48. The number of amides is 1. The Hall–Kier alpha value is -0.380. The molecule has 0 bridgehead atoms. The van der Waals surface area contributed by atoms with Gasteiger partial charge in [-0.2, -0.15) is 8.78 Å². The van der Waals surface area contributed by atoms with E-state index in [1.54, 1.807) is 0 Å². The zero-order chi connectivity index (χ0) is 9.64. The van der Waals surface area contributed by atoms with Gasteiger partial charge in [-0.25, -0.2) is 0 Å². The van der Waals surface area contributed by atoms with Gasteiger partial charge in [0.2, 0.25) is 0 Å². The highest BCUT2D eigenvalue weighted by Gasteiger charge is 2.55. The van der Waals surface area contributed by atoms with Gasteiger partial charge in [0.25, 0.3) is 0 Å². The van der Waals surface area contributed by atoms with Crippen molar-refractivity contribution in [3.63, 3.8) is 0 Å². The number of halogens is 3. The highest BCUT2D eigenvalue weighted by Crippen LogP contribution is 2.52. The van der Waals surface area contributed by atoms with E-state index in [0.29, 0.717) is 11.8 Å². The van der Waals surface area contributed by atoms with Gasteiger partial charge in [-0.3, -0.25) is 4.79 Å². The molecule has 0 aromatic carbocycles. The minimum Gasteiger partial charge on any atom is -0.346 e. The van der Waals surface area contributed by atoms with Gasteiger partial charge in [0.05, 0.1) is 0 Å². The van der Waals surface area contributed by atoms with E-state index >= 15 is 0 Å². The molecule has 2 aliphatic rings. The summed E-state index contributed by atoms with van der Waals surface area (Å²) in [5.74, 6) is -0.487. The molecule has 3 atom stereocenters. The third kappa shape index (κ3) is 1.64. The maximum atomic E-state index is 12.2. The number of hydrogen-bond donors (Lipinski definition) is 1. The van der Waals surface area contributed by atoms with Gasteiger partial charge in [0.15, 0.2) is 0 Å². The van der Waals surface area contributed by atoms with E-state index < -0.39 is 11.3 Å². The lowest BCUT2D eigenvalue weighted by Crippen LogP contribution is -2.38. The fourth-order valence-corrected chi connectivity index (χ4v) is 2.32. The molecule has 2 nitrogen and oxygen atoms in total. The van der Waals surface area contributed by atoms with Crippen LogP contribution in [0.4, 0.5) is 8.78 Å². The topological polar surface area (TPSA) is 29.1 Å². The standard InChI is InChI=1S/C8H10ClF2NO/c9-8(10,11)7(13)12-6-4-2-1-3-5(4)6/h4-6H,1-3H2,(H,12,13)/t4-,5+,6?. The lowest BCUT2D eigenvalue weighted by Gasteiger charge is -2.09. The van der Waals surface area contributed by atoms with E-state index in [0.717, 1.165) is 19.3 Å². The average molecular weight is 210 g/mol. The monoisotopic (exact) mass is 209 g/mol. The number of nitrogens with one attached hydrogen (secondary N) is 1. The van der Waals surface area contributed by atoms with Crippen molar-refractivity contribution in [3.05, 3.63) is 0 Å². The Morgan fingerprint density at radius 1 is 1.38 bits per heavy atom. The molecule has 5 heteroatoms. The zero-order valence-corrected chi connectivity index (χ0v) is 7.65. The lowest BCUT2D eigenvalue weighted by atomic mass is 10.2. The molecular formula is C8H10ClF2NO. The van der Waals surface area contributed by atoms with E-state index in [1.165, 1.54) is 0 Å². The summed E-state index contributed by atoms with van der Waals surface area (Å²) in [7, 11) is 0. The number of carbonyl (C=O) groups is 1. The number of hydrogen-bond acceptors (Lipinski definition) is 1. The van der Waals surface area contributed by atoms with Gasteiger partial charge >= 0.3 is 11.3 Å². The van der Waals surface area contributed by atoms with Gasteiger partial charge in [0, 0.05) is 6.04 Å². The molecule has 1 N–H and O–H groups in total. The van der Waals surface area contributed by atoms with Gasteiger partial charge < -0.3 is 5.32 Å². The molecule has 2 fully saturated rings. The highest BCUT2D eigenvalue weighted by molar-refractivity contribution is 6.32. The Labute approximate surface area is 79.6 Å². The molecule has 0 spiro atoms. The molecule has 1 unspecified atom stereocenters. The second-order valence-electron chi connectivity index (χ2n) is 3.76. The lowest BCUT2D eigenvalue weighted by molar-refractivity contribution is -0.136. The molecule has 0 radical (unpaired) electrons. The Morgan fingerprint density at radius 2 is 1.92 bits per heavy atom. The minimum atomic E-state index is -3.75. The summed E-state index contributed by atoms with van der Waals surface area (Å²) in [6, 6.07) is -0.0362. The molecule has 0 aromatic heterocycles.